The molecule has 0 amide bonds. The molecule has 0 atom stereocenters. The maximum atomic E-state index is 2.39. The first-order valence-electron chi connectivity index (χ1n) is 17.5. The molecule has 6 aliphatic rings. The van der Waals surface area contributed by atoms with Gasteiger partial charge in [0.2, 0.25) is 0 Å². The summed E-state index contributed by atoms with van der Waals surface area (Å²) in [5.41, 5.74) is 26.5. The van der Waals surface area contributed by atoms with E-state index in [1.54, 1.807) is 11.1 Å². The molecule has 0 nitrogen and oxygen atoms in total. The molecule has 0 radical (unpaired) electrons. The summed E-state index contributed by atoms with van der Waals surface area (Å²) < 4.78 is 0. The first-order valence-corrected chi connectivity index (χ1v) is 17.5. The zero-order chi connectivity index (χ0) is 31.6. The number of benzene rings is 6. The predicted molar refractivity (Wildman–Crippen MR) is 202 cm³/mol. The van der Waals surface area contributed by atoms with Gasteiger partial charge in [0.1, 0.15) is 0 Å². The Morgan fingerprint density at radius 1 is 0.312 bits per heavy atom. The van der Waals surface area contributed by atoms with Crippen LogP contribution in [0.4, 0.5) is 0 Å². The SMILES string of the molecule is C1=Cc2c(ccc3c2Cc2ccccc2-3)C1.C1=Cc2cc3c(cc2C1)Cc1ccccc1-3.C1=Cc2ccc3c(c2C1)Cc1ccccc1-3. The molecule has 0 N–H and O–H groups in total. The molecule has 6 aromatic rings. The highest BCUT2D eigenvalue weighted by Gasteiger charge is 2.24. The van der Waals surface area contributed by atoms with E-state index in [4.69, 9.17) is 0 Å². The molecule has 0 bridgehead atoms. The van der Waals surface area contributed by atoms with Gasteiger partial charge in [0, 0.05) is 0 Å². The molecule has 0 aliphatic heterocycles. The number of hydrogen-bond donors (Lipinski definition) is 0. The molecule has 0 heterocycles. The van der Waals surface area contributed by atoms with Gasteiger partial charge in [-0.15, -0.1) is 0 Å². The Labute approximate surface area is 283 Å². The maximum absolute atomic E-state index is 2.39. The quantitative estimate of drug-likeness (QED) is 0.160. The van der Waals surface area contributed by atoms with Crippen LogP contribution in [0, 0.1) is 0 Å². The highest BCUT2D eigenvalue weighted by atomic mass is 14.3. The van der Waals surface area contributed by atoms with Crippen LogP contribution in [-0.4, -0.2) is 0 Å². The molecule has 12 rings (SSSR count). The van der Waals surface area contributed by atoms with Gasteiger partial charge in [0.05, 0.1) is 0 Å². The second-order valence-electron chi connectivity index (χ2n) is 13.9. The summed E-state index contributed by atoms with van der Waals surface area (Å²) in [6.07, 6.45) is 20.3. The van der Waals surface area contributed by atoms with Crippen molar-refractivity contribution in [2.75, 3.05) is 0 Å². The molecule has 0 aromatic heterocycles. The lowest BCUT2D eigenvalue weighted by atomic mass is 9.98. The van der Waals surface area contributed by atoms with Crippen molar-refractivity contribution in [3.63, 3.8) is 0 Å². The van der Waals surface area contributed by atoms with E-state index in [1.807, 2.05) is 0 Å². The lowest BCUT2D eigenvalue weighted by Crippen LogP contribution is -1.91. The van der Waals surface area contributed by atoms with E-state index in [0.29, 0.717) is 0 Å². The molecule has 6 aliphatic carbocycles. The molecule has 6 aromatic carbocycles. The van der Waals surface area contributed by atoms with E-state index < -0.39 is 0 Å². The van der Waals surface area contributed by atoms with Gasteiger partial charge >= 0.3 is 0 Å². The van der Waals surface area contributed by atoms with Crippen molar-refractivity contribution in [2.24, 2.45) is 0 Å². The summed E-state index contributed by atoms with van der Waals surface area (Å²) in [6.45, 7) is 0. The van der Waals surface area contributed by atoms with Gasteiger partial charge in [-0.3, -0.25) is 0 Å². The van der Waals surface area contributed by atoms with Crippen molar-refractivity contribution in [3.05, 3.63) is 194 Å². The topological polar surface area (TPSA) is 0 Å². The zero-order valence-electron chi connectivity index (χ0n) is 27.1. The Balaban J connectivity index is 0.0000000923. The third-order valence-electron chi connectivity index (χ3n) is 11.2. The summed E-state index contributed by atoms with van der Waals surface area (Å²) in [4.78, 5) is 0. The van der Waals surface area contributed by atoms with Crippen LogP contribution in [0.5, 0.6) is 0 Å². The van der Waals surface area contributed by atoms with Crippen LogP contribution in [0.2, 0.25) is 0 Å². The molecule has 48 heavy (non-hydrogen) atoms. The summed E-state index contributed by atoms with van der Waals surface area (Å²) in [5.74, 6) is 0. The highest BCUT2D eigenvalue weighted by Crippen LogP contribution is 2.43. The maximum Gasteiger partial charge on any atom is -0.000740 e. The number of fused-ring (bicyclic) bond motifs is 14. The second-order valence-corrected chi connectivity index (χ2v) is 13.9. The summed E-state index contributed by atoms with van der Waals surface area (Å²) in [6, 6.07) is 40.2. The van der Waals surface area contributed by atoms with Crippen LogP contribution in [0.25, 0.3) is 51.6 Å². The highest BCUT2D eigenvalue weighted by molar-refractivity contribution is 5.84. The standard InChI is InChI=1S/3C16H12/c1-2-7-15-13(4-1)9-14-8-11-5-3-6-12(11)10-16(14)15;2*1-2-6-14-12(4-1)10-16-13-7-3-5-11(13)8-9-15(14)16/h1-4,6-8,10H,5,9H2;1-4,6-9H,5,10H2;1-6,8-9H,7,10H2. The monoisotopic (exact) mass is 612 g/mol. The fourth-order valence-corrected chi connectivity index (χ4v) is 8.86. The summed E-state index contributed by atoms with van der Waals surface area (Å²) in [7, 11) is 0. The molecule has 0 fully saturated rings. The van der Waals surface area contributed by atoms with E-state index >= 15 is 0 Å². The van der Waals surface area contributed by atoms with Crippen LogP contribution in [-0.2, 0) is 38.5 Å². The fraction of sp³-hybridized carbons (Fsp3) is 0.125. The Morgan fingerprint density at radius 3 is 1.69 bits per heavy atom. The van der Waals surface area contributed by atoms with Crippen LogP contribution in [0.3, 0.4) is 0 Å². The minimum Gasteiger partial charge on any atom is -0.0795 e. The average Bonchev–Trinajstić information content (AvgIpc) is 3.98. The Kier molecular flexibility index (Phi) is 6.37. The van der Waals surface area contributed by atoms with Gasteiger partial charge < -0.3 is 0 Å². The molecule has 0 unspecified atom stereocenters. The summed E-state index contributed by atoms with van der Waals surface area (Å²) in [5, 5.41) is 0. The van der Waals surface area contributed by atoms with Crippen molar-refractivity contribution in [1.29, 1.82) is 0 Å². The third kappa shape index (κ3) is 4.44. The van der Waals surface area contributed by atoms with Crippen molar-refractivity contribution in [3.8, 4) is 33.4 Å². The van der Waals surface area contributed by atoms with Crippen molar-refractivity contribution < 1.29 is 0 Å². The Hall–Kier alpha value is -5.46. The van der Waals surface area contributed by atoms with E-state index in [1.165, 1.54) is 89.0 Å². The smallest absolute Gasteiger partial charge is 0.000740 e. The molecule has 0 spiro atoms. The van der Waals surface area contributed by atoms with E-state index in [9.17, 15) is 0 Å². The molecular formula is C48H36. The lowest BCUT2D eigenvalue weighted by Gasteiger charge is -2.06. The van der Waals surface area contributed by atoms with Crippen molar-refractivity contribution in [1.82, 2.24) is 0 Å². The Bertz CT molecular complexity index is 2380. The van der Waals surface area contributed by atoms with E-state index in [-0.39, 0.29) is 0 Å². The summed E-state index contributed by atoms with van der Waals surface area (Å²) >= 11 is 0. The number of rotatable bonds is 0. The van der Waals surface area contributed by atoms with Gasteiger partial charge in [0.15, 0.2) is 0 Å². The normalized spacial score (nSPS) is 14.8. The van der Waals surface area contributed by atoms with Gasteiger partial charge in [0.25, 0.3) is 0 Å². The molecular weight excluding hydrogens is 577 g/mol. The first-order chi connectivity index (χ1) is 23.8. The van der Waals surface area contributed by atoms with Gasteiger partial charge in [-0.05, 0) is 145 Å². The minimum absolute atomic E-state index is 1.11. The Morgan fingerprint density at radius 2 is 0.896 bits per heavy atom. The van der Waals surface area contributed by atoms with E-state index in [0.717, 1.165) is 38.5 Å². The minimum atomic E-state index is 1.11. The first kappa shape index (κ1) is 27.6. The van der Waals surface area contributed by atoms with Gasteiger partial charge in [-0.1, -0.05) is 140 Å². The van der Waals surface area contributed by atoms with Gasteiger partial charge in [-0.25, -0.2) is 0 Å². The molecule has 0 saturated carbocycles. The molecule has 0 heteroatoms. The predicted octanol–water partition coefficient (Wildman–Crippen LogP) is 11.5. The molecule has 0 saturated heterocycles. The van der Waals surface area contributed by atoms with Gasteiger partial charge in [-0.2, -0.15) is 0 Å². The zero-order valence-corrected chi connectivity index (χ0v) is 27.1. The largest absolute Gasteiger partial charge is 0.0795 e. The van der Waals surface area contributed by atoms with E-state index in [2.05, 4.69) is 146 Å². The number of allylic oxidation sites excluding steroid dienone is 3. The van der Waals surface area contributed by atoms with Crippen molar-refractivity contribution in [2.45, 2.75) is 38.5 Å². The lowest BCUT2D eigenvalue weighted by molar-refractivity contribution is 1.17. The van der Waals surface area contributed by atoms with Crippen LogP contribution in [0.15, 0.2) is 127 Å². The average molecular weight is 613 g/mol. The second kappa shape index (κ2) is 11.1. The van der Waals surface area contributed by atoms with Crippen molar-refractivity contribution >= 4 is 18.2 Å². The van der Waals surface area contributed by atoms with Crippen LogP contribution < -0.4 is 0 Å². The molecule has 228 valence electrons. The fourth-order valence-electron chi connectivity index (χ4n) is 8.86. The van der Waals surface area contributed by atoms with Crippen LogP contribution >= 0.6 is 0 Å². The van der Waals surface area contributed by atoms with Crippen LogP contribution in [0.1, 0.15) is 66.8 Å². The third-order valence-corrected chi connectivity index (χ3v) is 11.2. The number of hydrogen-bond acceptors (Lipinski definition) is 0.